The number of hydrogen-bond acceptors (Lipinski definition) is 6. The van der Waals surface area contributed by atoms with Crippen LogP contribution >= 0.6 is 36.3 Å². The van der Waals surface area contributed by atoms with Crippen LogP contribution in [-0.4, -0.2) is 52.4 Å². The maximum atomic E-state index is 13.0. The van der Waals surface area contributed by atoms with Crippen molar-refractivity contribution in [1.82, 2.24) is 14.3 Å². The molecule has 2 bridgehead atoms. The summed E-state index contributed by atoms with van der Waals surface area (Å²) in [5, 5.41) is 1.00. The average Bonchev–Trinajstić information content (AvgIpc) is 3.10. The summed E-state index contributed by atoms with van der Waals surface area (Å²) in [6, 6.07) is 0.333. The molecule has 2 heterocycles. The maximum absolute atomic E-state index is 13.0. The Bertz CT molecular complexity index is 609. The zero-order chi connectivity index (χ0) is 17.4. The molecule has 3 fully saturated rings. The number of fused-ring (bicyclic) bond motifs is 2. The number of rotatable bonds is 3. The predicted molar refractivity (Wildman–Crippen MR) is 114 cm³/mol. The van der Waals surface area contributed by atoms with E-state index in [9.17, 15) is 4.79 Å². The van der Waals surface area contributed by atoms with Crippen LogP contribution in [0.1, 0.15) is 44.9 Å². The zero-order valence-electron chi connectivity index (χ0n) is 15.9. The van der Waals surface area contributed by atoms with Crippen LogP contribution in [0.5, 0.6) is 0 Å². The van der Waals surface area contributed by atoms with Crippen LogP contribution in [0.4, 0.5) is 5.13 Å². The Labute approximate surface area is 178 Å². The third kappa shape index (κ3) is 4.69. The molecule has 0 spiro atoms. The number of anilines is 1. The smallest absolute Gasteiger partial charge is 0.225 e. The van der Waals surface area contributed by atoms with E-state index < -0.39 is 0 Å². The quantitative estimate of drug-likeness (QED) is 0.789. The molecule has 1 aliphatic heterocycles. The van der Waals surface area contributed by atoms with E-state index in [0.717, 1.165) is 56.4 Å². The molecule has 2 aliphatic carbocycles. The number of carbonyl (C=O) groups is 1. The molecule has 2 saturated carbocycles. The molecule has 0 radical (unpaired) electrons. The van der Waals surface area contributed by atoms with E-state index >= 15 is 0 Å². The van der Waals surface area contributed by atoms with Gasteiger partial charge in [-0.15, -0.1) is 24.8 Å². The van der Waals surface area contributed by atoms with Crippen molar-refractivity contribution in [2.45, 2.75) is 51.5 Å². The van der Waals surface area contributed by atoms with E-state index in [4.69, 9.17) is 5.73 Å². The Morgan fingerprint density at radius 1 is 1.15 bits per heavy atom. The van der Waals surface area contributed by atoms with Crippen molar-refractivity contribution in [3.63, 3.8) is 0 Å². The van der Waals surface area contributed by atoms with Gasteiger partial charge in [0, 0.05) is 56.1 Å². The van der Waals surface area contributed by atoms with Crippen LogP contribution in [0, 0.1) is 17.8 Å². The van der Waals surface area contributed by atoms with Crippen molar-refractivity contribution in [3.05, 3.63) is 5.82 Å². The van der Waals surface area contributed by atoms with Gasteiger partial charge in [0.05, 0.1) is 0 Å². The number of aromatic nitrogens is 2. The van der Waals surface area contributed by atoms with Gasteiger partial charge in [0.25, 0.3) is 0 Å². The van der Waals surface area contributed by atoms with Gasteiger partial charge in [-0.05, 0) is 37.5 Å². The van der Waals surface area contributed by atoms with Crippen molar-refractivity contribution in [1.29, 1.82) is 0 Å². The first-order valence-electron chi connectivity index (χ1n) is 9.77. The number of aryl methyl sites for hydroxylation is 1. The fourth-order valence-corrected chi connectivity index (χ4v) is 5.69. The summed E-state index contributed by atoms with van der Waals surface area (Å²) in [5.74, 6) is 2.63. The number of halogens is 2. The van der Waals surface area contributed by atoms with Crippen molar-refractivity contribution in [2.24, 2.45) is 23.5 Å². The minimum Gasteiger partial charge on any atom is -0.343 e. The number of hydrogen-bond donors (Lipinski definition) is 1. The molecule has 0 aromatic carbocycles. The fraction of sp³-hybridized carbons (Fsp3) is 0.833. The highest BCUT2D eigenvalue weighted by atomic mass is 35.5. The van der Waals surface area contributed by atoms with Crippen LogP contribution in [0.2, 0.25) is 0 Å². The Morgan fingerprint density at radius 3 is 2.33 bits per heavy atom. The lowest BCUT2D eigenvalue weighted by Crippen LogP contribution is -2.53. The van der Waals surface area contributed by atoms with Crippen LogP contribution in [0.3, 0.4) is 0 Å². The Kier molecular flexibility index (Phi) is 8.16. The molecule has 27 heavy (non-hydrogen) atoms. The minimum absolute atomic E-state index is 0. The molecule has 2 N–H and O–H groups in total. The van der Waals surface area contributed by atoms with Gasteiger partial charge in [-0.3, -0.25) is 4.79 Å². The molecule has 1 saturated heterocycles. The molecule has 1 amide bonds. The summed E-state index contributed by atoms with van der Waals surface area (Å²) in [6.07, 6.45) is 6.61. The number of nitrogens with zero attached hydrogens (tertiary/aromatic N) is 4. The van der Waals surface area contributed by atoms with Crippen LogP contribution in [0.25, 0.3) is 0 Å². The van der Waals surface area contributed by atoms with Crippen molar-refractivity contribution >= 4 is 47.4 Å². The molecular weight excluding hydrogens is 405 g/mol. The predicted octanol–water partition coefficient (Wildman–Crippen LogP) is 2.75. The van der Waals surface area contributed by atoms with Crippen molar-refractivity contribution in [2.75, 3.05) is 31.1 Å². The average molecular weight is 436 g/mol. The minimum atomic E-state index is 0. The van der Waals surface area contributed by atoms with Crippen LogP contribution in [-0.2, 0) is 11.2 Å². The maximum Gasteiger partial charge on any atom is 0.225 e. The van der Waals surface area contributed by atoms with E-state index in [0.29, 0.717) is 23.8 Å². The van der Waals surface area contributed by atoms with Crippen molar-refractivity contribution < 1.29 is 4.79 Å². The van der Waals surface area contributed by atoms with Gasteiger partial charge in [0.2, 0.25) is 11.0 Å². The second kappa shape index (κ2) is 9.72. The summed E-state index contributed by atoms with van der Waals surface area (Å²) in [4.78, 5) is 21.9. The highest BCUT2D eigenvalue weighted by molar-refractivity contribution is 7.09. The first kappa shape index (κ1) is 22.7. The van der Waals surface area contributed by atoms with Gasteiger partial charge in [0.1, 0.15) is 5.82 Å². The highest BCUT2D eigenvalue weighted by Crippen LogP contribution is 2.42. The van der Waals surface area contributed by atoms with Gasteiger partial charge >= 0.3 is 0 Å². The molecular formula is C18H31Cl2N5OS. The van der Waals surface area contributed by atoms with Crippen LogP contribution < -0.4 is 10.6 Å². The molecule has 2 unspecified atom stereocenters. The Morgan fingerprint density at radius 2 is 1.78 bits per heavy atom. The largest absolute Gasteiger partial charge is 0.343 e. The number of piperazine rings is 1. The van der Waals surface area contributed by atoms with E-state index in [1.807, 2.05) is 0 Å². The third-order valence-corrected chi connectivity index (χ3v) is 7.21. The van der Waals surface area contributed by atoms with E-state index in [-0.39, 0.29) is 30.7 Å². The second-order valence-corrected chi connectivity index (χ2v) is 8.59. The lowest BCUT2D eigenvalue weighted by Gasteiger charge is -2.45. The van der Waals surface area contributed by atoms with E-state index in [2.05, 4.69) is 26.1 Å². The molecule has 2 atom stereocenters. The lowest BCUT2D eigenvalue weighted by atomic mass is 9.65. The van der Waals surface area contributed by atoms with Crippen molar-refractivity contribution in [3.8, 4) is 0 Å². The second-order valence-electron chi connectivity index (χ2n) is 7.86. The topological polar surface area (TPSA) is 75.4 Å². The number of carbonyl (C=O) groups excluding carboxylic acids is 1. The molecule has 4 rings (SSSR count). The van der Waals surface area contributed by atoms with Gasteiger partial charge < -0.3 is 15.5 Å². The Hall–Kier alpha value is -0.630. The Balaban J connectivity index is 0.00000131. The lowest BCUT2D eigenvalue weighted by molar-refractivity contribution is -0.138. The molecule has 3 aliphatic rings. The normalized spacial score (nSPS) is 30.3. The zero-order valence-corrected chi connectivity index (χ0v) is 18.3. The summed E-state index contributed by atoms with van der Waals surface area (Å²) in [5.41, 5.74) is 6.38. The summed E-state index contributed by atoms with van der Waals surface area (Å²) < 4.78 is 4.37. The highest BCUT2D eigenvalue weighted by Gasteiger charge is 2.42. The SMILES string of the molecule is CCc1nsc(N2CCN(C(=O)C3CC4CCCC(C3)C4N)CC2)n1.Cl.Cl. The third-order valence-electron chi connectivity index (χ3n) is 6.40. The summed E-state index contributed by atoms with van der Waals surface area (Å²) in [6.45, 7) is 5.41. The standard InChI is InChI=1S/C18H29N5OS.2ClH/c1-2-15-20-18(25-21-15)23-8-6-22(7-9-23)17(24)14-10-12-4-3-5-13(11-14)16(12)19;;/h12-14,16H,2-11,19H2,1H3;2*1H. The summed E-state index contributed by atoms with van der Waals surface area (Å²) >= 11 is 1.48. The summed E-state index contributed by atoms with van der Waals surface area (Å²) in [7, 11) is 0. The monoisotopic (exact) mass is 435 g/mol. The van der Waals surface area contributed by atoms with Gasteiger partial charge in [-0.2, -0.15) is 4.37 Å². The van der Waals surface area contributed by atoms with E-state index in [1.165, 1.54) is 30.8 Å². The first-order chi connectivity index (χ1) is 12.2. The van der Waals surface area contributed by atoms with Gasteiger partial charge in [0.15, 0.2) is 0 Å². The molecule has 154 valence electrons. The molecule has 9 heteroatoms. The molecule has 1 aromatic heterocycles. The van der Waals surface area contributed by atoms with Gasteiger partial charge in [-0.1, -0.05) is 13.3 Å². The number of nitrogens with two attached hydrogens (primary N) is 1. The fourth-order valence-electron chi connectivity index (χ4n) is 4.88. The van der Waals surface area contributed by atoms with Gasteiger partial charge in [-0.25, -0.2) is 4.98 Å². The first-order valence-corrected chi connectivity index (χ1v) is 10.5. The number of amides is 1. The van der Waals surface area contributed by atoms with E-state index in [1.54, 1.807) is 0 Å². The molecule has 6 nitrogen and oxygen atoms in total. The molecule has 1 aromatic rings. The van der Waals surface area contributed by atoms with Crippen LogP contribution in [0.15, 0.2) is 0 Å².